The molecule has 1 heterocycles. The van der Waals surface area contributed by atoms with E-state index in [2.05, 4.69) is 27.0 Å². The highest BCUT2D eigenvalue weighted by Crippen LogP contribution is 2.34. The zero-order chi connectivity index (χ0) is 13.1. The molecule has 0 saturated carbocycles. The van der Waals surface area contributed by atoms with Crippen molar-refractivity contribution in [3.05, 3.63) is 27.7 Å². The van der Waals surface area contributed by atoms with Crippen LogP contribution >= 0.6 is 27.3 Å². The highest BCUT2D eigenvalue weighted by Gasteiger charge is 2.12. The normalized spacial score (nSPS) is 9.89. The smallest absolute Gasteiger partial charge is 0.139 e. The Kier molecular flexibility index (Phi) is 3.84. The lowest BCUT2D eigenvalue weighted by molar-refractivity contribution is 0.394. The van der Waals surface area contributed by atoms with E-state index in [0.29, 0.717) is 21.0 Å². The SMILES string of the molecule is COc1cc(OC)cc(-c2nc(Br)c(C#N)s2)c1. The second kappa shape index (κ2) is 5.38. The lowest BCUT2D eigenvalue weighted by Crippen LogP contribution is -1.88. The number of nitrogens with zero attached hydrogens (tertiary/aromatic N) is 2. The first-order valence-corrected chi connectivity index (χ1v) is 6.58. The molecular formula is C12H9BrN2O2S. The maximum absolute atomic E-state index is 8.92. The molecule has 0 fully saturated rings. The van der Waals surface area contributed by atoms with Crippen molar-refractivity contribution in [2.24, 2.45) is 0 Å². The Labute approximate surface area is 117 Å². The van der Waals surface area contributed by atoms with Crippen LogP contribution in [-0.2, 0) is 0 Å². The number of rotatable bonds is 3. The minimum absolute atomic E-state index is 0.548. The fourth-order valence-corrected chi connectivity index (χ4v) is 2.79. The van der Waals surface area contributed by atoms with E-state index in [1.807, 2.05) is 12.1 Å². The molecule has 0 unspecified atom stereocenters. The van der Waals surface area contributed by atoms with Crippen molar-refractivity contribution in [2.45, 2.75) is 0 Å². The molecule has 0 atom stereocenters. The van der Waals surface area contributed by atoms with Crippen LogP contribution in [0.5, 0.6) is 11.5 Å². The van der Waals surface area contributed by atoms with E-state index in [-0.39, 0.29) is 0 Å². The van der Waals surface area contributed by atoms with Gasteiger partial charge in [-0.3, -0.25) is 0 Å². The van der Waals surface area contributed by atoms with Crippen LogP contribution in [0.1, 0.15) is 4.88 Å². The van der Waals surface area contributed by atoms with E-state index in [1.54, 1.807) is 20.3 Å². The quantitative estimate of drug-likeness (QED) is 0.867. The molecule has 6 heteroatoms. The van der Waals surface area contributed by atoms with Gasteiger partial charge in [0.15, 0.2) is 0 Å². The first-order valence-electron chi connectivity index (χ1n) is 4.97. The molecule has 0 aliphatic carbocycles. The van der Waals surface area contributed by atoms with Crippen molar-refractivity contribution in [3.8, 4) is 28.1 Å². The number of nitriles is 1. The fourth-order valence-electron chi connectivity index (χ4n) is 1.42. The lowest BCUT2D eigenvalue weighted by Gasteiger charge is -2.06. The van der Waals surface area contributed by atoms with Gasteiger partial charge in [0, 0.05) is 11.6 Å². The van der Waals surface area contributed by atoms with Crippen molar-refractivity contribution in [1.82, 2.24) is 4.98 Å². The number of ether oxygens (including phenoxy) is 2. The van der Waals surface area contributed by atoms with Crippen molar-refractivity contribution in [1.29, 1.82) is 5.26 Å². The van der Waals surface area contributed by atoms with Gasteiger partial charge in [0.2, 0.25) is 0 Å². The monoisotopic (exact) mass is 324 g/mol. The number of hydrogen-bond acceptors (Lipinski definition) is 5. The molecular weight excluding hydrogens is 316 g/mol. The maximum Gasteiger partial charge on any atom is 0.139 e. The summed E-state index contributed by atoms with van der Waals surface area (Å²) >= 11 is 4.58. The standard InChI is InChI=1S/C12H9BrN2O2S/c1-16-8-3-7(4-9(5-8)17-2)12-15-11(13)10(6-14)18-12/h3-5H,1-2H3. The van der Waals surface area contributed by atoms with Crippen molar-refractivity contribution in [3.63, 3.8) is 0 Å². The molecule has 2 rings (SSSR count). The molecule has 0 spiro atoms. The van der Waals surface area contributed by atoms with Crippen LogP contribution in [0.15, 0.2) is 22.8 Å². The number of thiazole rings is 1. The van der Waals surface area contributed by atoms with Gasteiger partial charge < -0.3 is 9.47 Å². The third kappa shape index (κ3) is 2.47. The summed E-state index contributed by atoms with van der Waals surface area (Å²) in [6.07, 6.45) is 0. The summed E-state index contributed by atoms with van der Waals surface area (Å²) < 4.78 is 11.0. The van der Waals surface area contributed by atoms with Crippen LogP contribution in [0.2, 0.25) is 0 Å². The second-order valence-corrected chi connectivity index (χ2v) is 5.10. The number of methoxy groups -OCH3 is 2. The molecule has 0 aliphatic rings. The molecule has 0 saturated heterocycles. The van der Waals surface area contributed by atoms with Gasteiger partial charge in [0.1, 0.15) is 32.1 Å². The van der Waals surface area contributed by atoms with Gasteiger partial charge in [0.25, 0.3) is 0 Å². The van der Waals surface area contributed by atoms with Gasteiger partial charge in [-0.15, -0.1) is 11.3 Å². The van der Waals surface area contributed by atoms with Crippen LogP contribution in [0.25, 0.3) is 10.6 Å². The number of halogens is 1. The van der Waals surface area contributed by atoms with E-state index in [0.717, 1.165) is 10.6 Å². The Morgan fingerprint density at radius 2 is 1.83 bits per heavy atom. The molecule has 92 valence electrons. The third-order valence-electron chi connectivity index (χ3n) is 2.29. The number of benzene rings is 1. The molecule has 0 aliphatic heterocycles. The lowest BCUT2D eigenvalue weighted by atomic mass is 10.2. The predicted octanol–water partition coefficient (Wildman–Crippen LogP) is 3.46. The Morgan fingerprint density at radius 3 is 2.28 bits per heavy atom. The summed E-state index contributed by atoms with van der Waals surface area (Å²) in [5.74, 6) is 1.38. The molecule has 4 nitrogen and oxygen atoms in total. The molecule has 0 amide bonds. The van der Waals surface area contributed by atoms with Crippen molar-refractivity contribution < 1.29 is 9.47 Å². The Balaban J connectivity index is 2.52. The van der Waals surface area contributed by atoms with Gasteiger partial charge in [-0.25, -0.2) is 4.98 Å². The molecule has 0 N–H and O–H groups in total. The van der Waals surface area contributed by atoms with E-state index in [9.17, 15) is 0 Å². The second-order valence-electron chi connectivity index (χ2n) is 3.35. The Morgan fingerprint density at radius 1 is 1.22 bits per heavy atom. The largest absolute Gasteiger partial charge is 0.497 e. The molecule has 1 aromatic heterocycles. The molecule has 1 aromatic carbocycles. The minimum Gasteiger partial charge on any atom is -0.497 e. The molecule has 0 bridgehead atoms. The average molecular weight is 325 g/mol. The first kappa shape index (κ1) is 12.9. The topological polar surface area (TPSA) is 55.1 Å². The number of hydrogen-bond donors (Lipinski definition) is 0. The van der Waals surface area contributed by atoms with E-state index < -0.39 is 0 Å². The van der Waals surface area contributed by atoms with E-state index in [4.69, 9.17) is 14.7 Å². The first-order chi connectivity index (χ1) is 8.67. The van der Waals surface area contributed by atoms with Crippen LogP contribution < -0.4 is 9.47 Å². The summed E-state index contributed by atoms with van der Waals surface area (Å²) in [5, 5.41) is 9.67. The van der Waals surface area contributed by atoms with Gasteiger partial charge in [-0.2, -0.15) is 5.26 Å². The highest BCUT2D eigenvalue weighted by atomic mass is 79.9. The van der Waals surface area contributed by atoms with E-state index >= 15 is 0 Å². The summed E-state index contributed by atoms with van der Waals surface area (Å²) in [5.41, 5.74) is 0.860. The van der Waals surface area contributed by atoms with Crippen molar-refractivity contribution >= 4 is 27.3 Å². The predicted molar refractivity (Wildman–Crippen MR) is 73.1 cm³/mol. The summed E-state index contributed by atoms with van der Waals surface area (Å²) in [7, 11) is 3.19. The van der Waals surface area contributed by atoms with Crippen LogP contribution in [-0.4, -0.2) is 19.2 Å². The van der Waals surface area contributed by atoms with Gasteiger partial charge >= 0.3 is 0 Å². The number of aromatic nitrogens is 1. The summed E-state index contributed by atoms with van der Waals surface area (Å²) in [6, 6.07) is 7.59. The fraction of sp³-hybridized carbons (Fsp3) is 0.167. The van der Waals surface area contributed by atoms with Crippen LogP contribution in [0, 0.1) is 11.3 Å². The van der Waals surface area contributed by atoms with Gasteiger partial charge in [-0.05, 0) is 28.1 Å². The maximum atomic E-state index is 8.92. The van der Waals surface area contributed by atoms with Gasteiger partial charge in [-0.1, -0.05) is 0 Å². The van der Waals surface area contributed by atoms with Crippen LogP contribution in [0.4, 0.5) is 0 Å². The summed E-state index contributed by atoms with van der Waals surface area (Å²) in [4.78, 5) is 4.85. The molecule has 2 aromatic rings. The Hall–Kier alpha value is -1.58. The highest BCUT2D eigenvalue weighted by molar-refractivity contribution is 9.10. The molecule has 18 heavy (non-hydrogen) atoms. The zero-order valence-electron chi connectivity index (χ0n) is 9.73. The van der Waals surface area contributed by atoms with E-state index in [1.165, 1.54) is 11.3 Å². The third-order valence-corrected chi connectivity index (χ3v) is 4.13. The Bertz CT molecular complexity index is 597. The minimum atomic E-state index is 0.548. The summed E-state index contributed by atoms with van der Waals surface area (Å²) in [6.45, 7) is 0. The zero-order valence-corrected chi connectivity index (χ0v) is 12.1. The molecule has 0 radical (unpaired) electrons. The van der Waals surface area contributed by atoms with Crippen molar-refractivity contribution in [2.75, 3.05) is 14.2 Å². The van der Waals surface area contributed by atoms with Gasteiger partial charge in [0.05, 0.1) is 14.2 Å². The average Bonchev–Trinajstić information content (AvgIpc) is 2.79. The van der Waals surface area contributed by atoms with Crippen LogP contribution in [0.3, 0.4) is 0 Å².